The van der Waals surface area contributed by atoms with Crippen LogP contribution < -0.4 is 5.32 Å². The molecule has 3 fully saturated rings. The summed E-state index contributed by atoms with van der Waals surface area (Å²) in [6.45, 7) is 7.34. The Labute approximate surface area is 194 Å². The molecule has 1 aromatic carbocycles. The first-order valence-corrected chi connectivity index (χ1v) is 11.8. The number of nitrogens with one attached hydrogen (secondary N) is 1. The van der Waals surface area contributed by atoms with Gasteiger partial charge in [-0.25, -0.2) is 9.59 Å². The van der Waals surface area contributed by atoms with Crippen LogP contribution in [0.5, 0.6) is 0 Å². The van der Waals surface area contributed by atoms with Crippen molar-refractivity contribution < 1.29 is 24.0 Å². The molecular formula is C24H34N4O5. The van der Waals surface area contributed by atoms with Crippen LogP contribution in [0.25, 0.3) is 0 Å². The van der Waals surface area contributed by atoms with E-state index in [1.54, 1.807) is 9.80 Å². The summed E-state index contributed by atoms with van der Waals surface area (Å²) >= 11 is 0. The van der Waals surface area contributed by atoms with E-state index < -0.39 is 11.6 Å². The molecule has 1 aromatic rings. The fourth-order valence-corrected chi connectivity index (χ4v) is 4.67. The zero-order valence-corrected chi connectivity index (χ0v) is 19.7. The summed E-state index contributed by atoms with van der Waals surface area (Å²) in [5.41, 5.74) is 0.430. The Bertz CT molecular complexity index is 871. The Morgan fingerprint density at radius 1 is 1.09 bits per heavy atom. The average molecular weight is 459 g/mol. The van der Waals surface area contributed by atoms with Crippen molar-refractivity contribution in [2.75, 3.05) is 19.6 Å². The number of hydrogen-bond acceptors (Lipinski definition) is 5. The number of carbonyl (C=O) groups excluding carboxylic acids is 3. The molecule has 4 amide bonds. The van der Waals surface area contributed by atoms with Crippen molar-refractivity contribution in [3.63, 3.8) is 0 Å². The first kappa shape index (κ1) is 23.4. The number of urea groups is 1. The molecule has 3 heterocycles. The standard InChI is InChI=1S/C24H34N4O5/c1-24(2,3)33-23(31)26-13-7-10-18(14-26)25-21(29)20-12-11-19-15-27(20)22(30)28(19)32-16-17-8-5-4-6-9-17/h4-6,8-9,18-20H,7,10-16H2,1-3H3,(H,25,29)/t18?,19-,20+/m0/s1. The topological polar surface area (TPSA) is 91.4 Å². The predicted molar refractivity (Wildman–Crippen MR) is 121 cm³/mol. The number of likely N-dealkylation sites (tertiary alicyclic amines) is 1. The summed E-state index contributed by atoms with van der Waals surface area (Å²) in [6, 6.07) is 8.74. The summed E-state index contributed by atoms with van der Waals surface area (Å²) < 4.78 is 5.47. The summed E-state index contributed by atoms with van der Waals surface area (Å²) in [7, 11) is 0. The van der Waals surface area contributed by atoms with Crippen LogP contribution in [0.2, 0.25) is 0 Å². The number of amides is 4. The molecule has 4 rings (SSSR count). The summed E-state index contributed by atoms with van der Waals surface area (Å²) in [6.07, 6.45) is 2.53. The van der Waals surface area contributed by atoms with Crippen molar-refractivity contribution in [1.29, 1.82) is 0 Å². The van der Waals surface area contributed by atoms with Gasteiger partial charge in [0.25, 0.3) is 0 Å². The third-order valence-corrected chi connectivity index (χ3v) is 6.26. The lowest BCUT2D eigenvalue weighted by Crippen LogP contribution is -2.56. The largest absolute Gasteiger partial charge is 0.444 e. The molecule has 9 heteroatoms. The van der Waals surface area contributed by atoms with Crippen LogP contribution in [0.1, 0.15) is 52.0 Å². The van der Waals surface area contributed by atoms with E-state index in [1.165, 1.54) is 5.06 Å². The first-order chi connectivity index (χ1) is 15.7. The van der Waals surface area contributed by atoms with Crippen molar-refractivity contribution in [3.8, 4) is 0 Å². The minimum atomic E-state index is -0.559. The maximum Gasteiger partial charge on any atom is 0.410 e. The van der Waals surface area contributed by atoms with Gasteiger partial charge in [0, 0.05) is 25.7 Å². The highest BCUT2D eigenvalue weighted by Crippen LogP contribution is 2.31. The van der Waals surface area contributed by atoms with Gasteiger partial charge in [-0.1, -0.05) is 30.3 Å². The lowest BCUT2D eigenvalue weighted by atomic mass is 9.99. The van der Waals surface area contributed by atoms with Gasteiger partial charge >= 0.3 is 12.1 Å². The number of ether oxygens (including phenoxy) is 1. The SMILES string of the molecule is CC(C)(C)OC(=O)N1CCCC(NC(=O)[C@H]2CC[C@H]3CN2C(=O)N3OCc2ccccc2)C1. The van der Waals surface area contributed by atoms with Crippen LogP contribution >= 0.6 is 0 Å². The molecule has 0 radical (unpaired) electrons. The molecular weight excluding hydrogens is 424 g/mol. The van der Waals surface area contributed by atoms with Crippen molar-refractivity contribution in [2.24, 2.45) is 0 Å². The molecule has 0 spiro atoms. The predicted octanol–water partition coefficient (Wildman–Crippen LogP) is 2.90. The van der Waals surface area contributed by atoms with Gasteiger partial charge in [0.05, 0.1) is 6.04 Å². The van der Waals surface area contributed by atoms with Gasteiger partial charge in [0.15, 0.2) is 0 Å². The van der Waals surface area contributed by atoms with E-state index >= 15 is 0 Å². The van der Waals surface area contributed by atoms with Crippen molar-refractivity contribution in [1.82, 2.24) is 20.2 Å². The van der Waals surface area contributed by atoms with Gasteiger partial charge in [-0.15, -0.1) is 0 Å². The molecule has 3 saturated heterocycles. The first-order valence-electron chi connectivity index (χ1n) is 11.8. The maximum atomic E-state index is 13.1. The van der Waals surface area contributed by atoms with Crippen molar-refractivity contribution >= 4 is 18.0 Å². The van der Waals surface area contributed by atoms with Crippen molar-refractivity contribution in [3.05, 3.63) is 35.9 Å². The minimum absolute atomic E-state index is 0.0393. The van der Waals surface area contributed by atoms with Gasteiger partial charge in [0.2, 0.25) is 5.91 Å². The van der Waals surface area contributed by atoms with Gasteiger partial charge < -0.3 is 19.9 Å². The minimum Gasteiger partial charge on any atom is -0.444 e. The van der Waals surface area contributed by atoms with E-state index in [-0.39, 0.29) is 30.1 Å². The Balaban J connectivity index is 1.31. The fourth-order valence-electron chi connectivity index (χ4n) is 4.67. The van der Waals surface area contributed by atoms with Gasteiger partial charge in [-0.3, -0.25) is 9.63 Å². The number of fused-ring (bicyclic) bond motifs is 2. The molecule has 33 heavy (non-hydrogen) atoms. The molecule has 2 bridgehead atoms. The van der Waals surface area contributed by atoms with Crippen LogP contribution in [0.3, 0.4) is 0 Å². The highest BCUT2D eigenvalue weighted by molar-refractivity contribution is 5.88. The van der Waals surface area contributed by atoms with Crippen molar-refractivity contribution in [2.45, 2.75) is 76.8 Å². The Morgan fingerprint density at radius 3 is 2.58 bits per heavy atom. The molecule has 180 valence electrons. The molecule has 9 nitrogen and oxygen atoms in total. The lowest BCUT2D eigenvalue weighted by Gasteiger charge is -2.36. The maximum absolute atomic E-state index is 13.1. The second-order valence-electron chi connectivity index (χ2n) is 10.0. The second-order valence-corrected chi connectivity index (χ2v) is 10.0. The third-order valence-electron chi connectivity index (χ3n) is 6.26. The molecule has 0 aliphatic carbocycles. The van der Waals surface area contributed by atoms with Gasteiger partial charge in [0.1, 0.15) is 18.2 Å². The highest BCUT2D eigenvalue weighted by Gasteiger charge is 2.48. The fraction of sp³-hybridized carbons (Fsp3) is 0.625. The lowest BCUT2D eigenvalue weighted by molar-refractivity contribution is -0.140. The van der Waals surface area contributed by atoms with Crippen LogP contribution in [-0.2, 0) is 21.0 Å². The number of nitrogens with zero attached hydrogens (tertiary/aromatic N) is 3. The third kappa shape index (κ3) is 5.58. The van der Waals surface area contributed by atoms with E-state index in [2.05, 4.69) is 5.32 Å². The summed E-state index contributed by atoms with van der Waals surface area (Å²) in [5.74, 6) is -0.164. The van der Waals surface area contributed by atoms with Crippen LogP contribution in [0.15, 0.2) is 30.3 Å². The monoisotopic (exact) mass is 458 g/mol. The van der Waals surface area contributed by atoms with E-state index in [4.69, 9.17) is 9.57 Å². The number of hydroxylamine groups is 2. The number of rotatable bonds is 5. The molecule has 3 aliphatic rings. The highest BCUT2D eigenvalue weighted by atomic mass is 16.7. The zero-order valence-electron chi connectivity index (χ0n) is 19.7. The Kier molecular flexibility index (Phi) is 6.78. The molecule has 3 aliphatic heterocycles. The average Bonchev–Trinajstić information content (AvgIpc) is 3.01. The van der Waals surface area contributed by atoms with Gasteiger partial charge in [-0.2, -0.15) is 5.06 Å². The Morgan fingerprint density at radius 2 is 1.85 bits per heavy atom. The number of hydrogen-bond donors (Lipinski definition) is 1. The molecule has 1 unspecified atom stereocenters. The summed E-state index contributed by atoms with van der Waals surface area (Å²) in [5, 5.41) is 4.51. The molecule has 0 aromatic heterocycles. The molecule has 1 N–H and O–H groups in total. The normalized spacial score (nSPS) is 25.2. The van der Waals surface area contributed by atoms with Crippen LogP contribution in [0, 0.1) is 0 Å². The number of benzene rings is 1. The number of carbonyl (C=O) groups is 3. The Hall–Kier alpha value is -2.81. The zero-order chi connectivity index (χ0) is 23.6. The summed E-state index contributed by atoms with van der Waals surface area (Å²) in [4.78, 5) is 47.6. The molecule has 0 saturated carbocycles. The van der Waals surface area contributed by atoms with E-state index in [0.29, 0.717) is 39.1 Å². The smallest absolute Gasteiger partial charge is 0.410 e. The second kappa shape index (κ2) is 9.59. The van der Waals surface area contributed by atoms with Crippen LogP contribution in [-0.4, -0.2) is 76.3 Å². The quantitative estimate of drug-likeness (QED) is 0.733. The van der Waals surface area contributed by atoms with E-state index in [9.17, 15) is 14.4 Å². The van der Waals surface area contributed by atoms with Crippen LogP contribution in [0.4, 0.5) is 9.59 Å². The number of piperidine rings is 2. The van der Waals surface area contributed by atoms with E-state index in [1.807, 2.05) is 51.1 Å². The van der Waals surface area contributed by atoms with Gasteiger partial charge in [-0.05, 0) is 52.0 Å². The van der Waals surface area contributed by atoms with E-state index in [0.717, 1.165) is 18.4 Å². The molecule has 3 atom stereocenters.